The van der Waals surface area contributed by atoms with Crippen molar-refractivity contribution in [2.24, 2.45) is 28.6 Å². The molecule has 2 saturated carbocycles. The molecule has 4 aliphatic carbocycles. The Balaban J connectivity index is 1.72. The third-order valence-corrected chi connectivity index (χ3v) is 8.17. The van der Waals surface area contributed by atoms with Gasteiger partial charge in [-0.3, -0.25) is 14.4 Å². The van der Waals surface area contributed by atoms with Gasteiger partial charge < -0.3 is 0 Å². The van der Waals surface area contributed by atoms with Gasteiger partial charge in [-0.05, 0) is 54.6 Å². The number of rotatable bonds is 2. The van der Waals surface area contributed by atoms with E-state index in [2.05, 4.69) is 35.9 Å². The second-order valence-corrected chi connectivity index (χ2v) is 9.37. The Kier molecular flexibility index (Phi) is 3.99. The second-order valence-electron chi connectivity index (χ2n) is 8.81. The molecule has 0 aromatic heterocycles. The maximum Gasteiger partial charge on any atom is 0.169 e. The summed E-state index contributed by atoms with van der Waals surface area (Å²) < 4.78 is 0. The summed E-state index contributed by atoms with van der Waals surface area (Å²) in [5.74, 6) is 1.38. The lowest BCUT2D eigenvalue weighted by atomic mass is 9.46. The number of alkyl halides is 1. The normalized spacial score (nSPS) is 42.9. The van der Waals surface area contributed by atoms with Gasteiger partial charge in [-0.15, -0.1) is 0 Å². The number of carbonyl (C=O) groups excluding carboxylic acids is 3. The fraction of sp³-hybridized carbons (Fsp3) is 0.667. The summed E-state index contributed by atoms with van der Waals surface area (Å²) in [5, 5.41) is 0.330. The number of fused-ring (bicyclic) bond motifs is 5. The summed E-state index contributed by atoms with van der Waals surface area (Å²) >= 11 is 3.29. The van der Waals surface area contributed by atoms with Gasteiger partial charge in [0.25, 0.3) is 0 Å². The van der Waals surface area contributed by atoms with Crippen molar-refractivity contribution in [3.63, 3.8) is 0 Å². The van der Waals surface area contributed by atoms with Gasteiger partial charge in [0, 0.05) is 24.2 Å². The van der Waals surface area contributed by atoms with Crippen molar-refractivity contribution in [1.82, 2.24) is 0 Å². The number of hydrogen-bond acceptors (Lipinski definition) is 3. The van der Waals surface area contributed by atoms with Crippen LogP contribution >= 0.6 is 15.9 Å². The highest BCUT2D eigenvalue weighted by Crippen LogP contribution is 2.64. The highest BCUT2D eigenvalue weighted by Gasteiger charge is 2.61. The number of halogens is 1. The molecule has 0 aromatic carbocycles. The van der Waals surface area contributed by atoms with E-state index in [9.17, 15) is 14.4 Å². The van der Waals surface area contributed by atoms with Crippen molar-refractivity contribution in [2.75, 3.05) is 5.33 Å². The van der Waals surface area contributed by atoms with Gasteiger partial charge in [-0.2, -0.15) is 0 Å². The molecule has 0 radical (unpaired) electrons. The molecule has 134 valence electrons. The topological polar surface area (TPSA) is 51.2 Å². The van der Waals surface area contributed by atoms with Crippen LogP contribution in [-0.4, -0.2) is 22.7 Å². The van der Waals surface area contributed by atoms with Crippen LogP contribution in [-0.2, 0) is 14.4 Å². The van der Waals surface area contributed by atoms with Crippen molar-refractivity contribution in [2.45, 2.75) is 52.4 Å². The molecule has 4 heteroatoms. The minimum absolute atomic E-state index is 0.0190. The average Bonchev–Trinajstić information content (AvgIpc) is 2.91. The summed E-state index contributed by atoms with van der Waals surface area (Å²) in [6.07, 6.45) is 8.56. The molecule has 4 rings (SSSR count). The van der Waals surface area contributed by atoms with E-state index in [1.54, 1.807) is 0 Å². The molecule has 2 fully saturated rings. The van der Waals surface area contributed by atoms with Crippen LogP contribution in [0.3, 0.4) is 0 Å². The molecule has 0 spiro atoms. The number of hydrogen-bond donors (Lipinski definition) is 0. The second kappa shape index (κ2) is 5.73. The highest BCUT2D eigenvalue weighted by atomic mass is 79.9. The number of ketones is 3. The van der Waals surface area contributed by atoms with Crippen LogP contribution in [0.5, 0.6) is 0 Å². The van der Waals surface area contributed by atoms with Gasteiger partial charge in [0.05, 0.1) is 5.33 Å². The van der Waals surface area contributed by atoms with Crippen LogP contribution in [0.4, 0.5) is 0 Å². The highest BCUT2D eigenvalue weighted by molar-refractivity contribution is 9.09. The average molecular weight is 405 g/mol. The Morgan fingerprint density at radius 2 is 2.00 bits per heavy atom. The summed E-state index contributed by atoms with van der Waals surface area (Å²) in [7, 11) is 0. The van der Waals surface area contributed by atoms with Crippen molar-refractivity contribution in [3.8, 4) is 0 Å². The summed E-state index contributed by atoms with van der Waals surface area (Å²) in [5.41, 5.74) is 1.61. The molecule has 3 nitrogen and oxygen atoms in total. The SMILES string of the molecule is C[C@]12CCC(=O)C=C1CC[C@@H]1[C@@H]2C(=O)C[C@]2(C)C(C(=O)CBr)=CC[C@@H]12. The zero-order valence-corrected chi connectivity index (χ0v) is 16.5. The molecule has 0 bridgehead atoms. The standard InChI is InChI=1S/C21H25BrO3/c1-20-8-7-13(23)9-12(20)3-4-14-15-5-6-16(18(25)11-22)21(15,2)10-17(24)19(14)20/h6,9,14-15,19H,3-5,7-8,10-11H2,1-2H3/t14-,15-,19+,20-,21-/m0/s1. The van der Waals surface area contributed by atoms with Crippen molar-refractivity contribution in [1.29, 1.82) is 0 Å². The van der Waals surface area contributed by atoms with Gasteiger partial charge in [-0.1, -0.05) is 41.4 Å². The predicted octanol–water partition coefficient (Wildman–Crippen LogP) is 4.20. The van der Waals surface area contributed by atoms with E-state index in [1.165, 1.54) is 5.57 Å². The molecule has 0 amide bonds. The van der Waals surface area contributed by atoms with E-state index >= 15 is 0 Å². The lowest BCUT2D eigenvalue weighted by Gasteiger charge is -2.56. The fourth-order valence-electron chi connectivity index (χ4n) is 6.46. The molecule has 0 N–H and O–H groups in total. The Bertz CT molecular complexity index is 733. The number of allylic oxidation sites excluding steroid dienone is 4. The van der Waals surface area contributed by atoms with Gasteiger partial charge in [0.2, 0.25) is 0 Å². The smallest absolute Gasteiger partial charge is 0.169 e. The van der Waals surface area contributed by atoms with E-state index in [4.69, 9.17) is 0 Å². The van der Waals surface area contributed by atoms with Crippen LogP contribution in [0.25, 0.3) is 0 Å². The zero-order chi connectivity index (χ0) is 18.0. The van der Waals surface area contributed by atoms with E-state index in [1.807, 2.05) is 6.08 Å². The lowest BCUT2D eigenvalue weighted by Crippen LogP contribution is -2.54. The minimum Gasteiger partial charge on any atom is -0.299 e. The number of carbonyl (C=O) groups is 3. The van der Waals surface area contributed by atoms with Crippen molar-refractivity contribution >= 4 is 33.3 Å². The maximum absolute atomic E-state index is 13.3. The molecule has 4 aliphatic rings. The van der Waals surface area contributed by atoms with Crippen LogP contribution in [0, 0.1) is 28.6 Å². The van der Waals surface area contributed by atoms with Crippen molar-refractivity contribution in [3.05, 3.63) is 23.3 Å². The summed E-state index contributed by atoms with van der Waals surface area (Å²) in [6.45, 7) is 4.33. The van der Waals surface area contributed by atoms with E-state index in [0.29, 0.717) is 35.8 Å². The molecule has 0 unspecified atom stereocenters. The van der Waals surface area contributed by atoms with Crippen molar-refractivity contribution < 1.29 is 14.4 Å². The monoisotopic (exact) mass is 404 g/mol. The third kappa shape index (κ3) is 2.32. The first-order chi connectivity index (χ1) is 11.8. The molecule has 0 heterocycles. The molecule has 0 aliphatic heterocycles. The summed E-state index contributed by atoms with van der Waals surface area (Å²) in [6, 6.07) is 0. The zero-order valence-electron chi connectivity index (χ0n) is 14.9. The van der Waals surface area contributed by atoms with Gasteiger partial charge in [-0.25, -0.2) is 0 Å². The molecule has 25 heavy (non-hydrogen) atoms. The van der Waals surface area contributed by atoms with Crippen LogP contribution in [0.1, 0.15) is 52.4 Å². The van der Waals surface area contributed by atoms with E-state index in [0.717, 1.165) is 31.3 Å². The first-order valence-electron chi connectivity index (χ1n) is 9.37. The van der Waals surface area contributed by atoms with Gasteiger partial charge in [0.1, 0.15) is 5.78 Å². The first-order valence-corrected chi connectivity index (χ1v) is 10.5. The van der Waals surface area contributed by atoms with Crippen LogP contribution < -0.4 is 0 Å². The van der Waals surface area contributed by atoms with Crippen LogP contribution in [0.15, 0.2) is 23.3 Å². The predicted molar refractivity (Wildman–Crippen MR) is 99.4 cm³/mol. The maximum atomic E-state index is 13.3. The van der Waals surface area contributed by atoms with Gasteiger partial charge in [0.15, 0.2) is 11.6 Å². The molecular weight excluding hydrogens is 380 g/mol. The van der Waals surface area contributed by atoms with E-state index < -0.39 is 0 Å². The Labute approximate surface area is 157 Å². The number of Topliss-reactive ketones (excluding diaryl/α,β-unsaturated/α-hetero) is 2. The lowest BCUT2D eigenvalue weighted by molar-refractivity contribution is -0.143. The van der Waals surface area contributed by atoms with Crippen LogP contribution in [0.2, 0.25) is 0 Å². The quantitative estimate of drug-likeness (QED) is 0.648. The fourth-order valence-corrected chi connectivity index (χ4v) is 6.77. The molecular formula is C21H25BrO3. The molecule has 5 atom stereocenters. The summed E-state index contributed by atoms with van der Waals surface area (Å²) in [4.78, 5) is 37.6. The van der Waals surface area contributed by atoms with Gasteiger partial charge >= 0.3 is 0 Å². The molecule has 0 saturated heterocycles. The Morgan fingerprint density at radius 3 is 2.72 bits per heavy atom. The van der Waals surface area contributed by atoms with E-state index in [-0.39, 0.29) is 28.3 Å². The first kappa shape index (κ1) is 17.4. The Morgan fingerprint density at radius 1 is 1.24 bits per heavy atom. The molecule has 0 aromatic rings. The Hall–Kier alpha value is -1.03. The minimum atomic E-state index is -0.300. The largest absolute Gasteiger partial charge is 0.299 e. The third-order valence-electron chi connectivity index (χ3n) is 7.66.